The van der Waals surface area contributed by atoms with E-state index < -0.39 is 16.6 Å². The number of hydrogen-bond donors (Lipinski definition) is 0. The molecule has 0 fully saturated rings. The molecule has 0 aromatic rings. The summed E-state index contributed by atoms with van der Waals surface area (Å²) in [4.78, 5) is 0. The molecule has 140 valence electrons. The van der Waals surface area contributed by atoms with Gasteiger partial charge in [0.2, 0.25) is 0 Å². The zero-order valence-corrected chi connectivity index (χ0v) is 19.4. The molecule has 0 bridgehead atoms. The lowest BCUT2D eigenvalue weighted by Gasteiger charge is -2.33. The molecule has 0 spiro atoms. The zero-order valence-electron chi connectivity index (χ0n) is 17.4. The maximum atomic E-state index is 6.43. The molecule has 0 amide bonds. The van der Waals surface area contributed by atoms with E-state index in [4.69, 9.17) is 8.85 Å². The van der Waals surface area contributed by atoms with Crippen molar-refractivity contribution in [3.63, 3.8) is 0 Å². The first-order valence-electron chi connectivity index (χ1n) is 10.1. The average molecular weight is 361 g/mol. The topological polar surface area (TPSA) is 18.5 Å². The Morgan fingerprint density at radius 1 is 0.565 bits per heavy atom. The van der Waals surface area contributed by atoms with E-state index in [-0.39, 0.29) is 0 Å². The number of hydrogen-bond acceptors (Lipinski definition) is 2. The molecule has 0 atom stereocenters. The van der Waals surface area contributed by atoms with E-state index in [2.05, 4.69) is 55.4 Å². The maximum Gasteiger partial charge on any atom is 0.191 e. The Balaban J connectivity index is 4.29. The third-order valence-electron chi connectivity index (χ3n) is 6.24. The van der Waals surface area contributed by atoms with Crippen LogP contribution in [0.2, 0.25) is 36.3 Å². The molecule has 0 heterocycles. The minimum absolute atomic E-state index is 0.324. The summed E-state index contributed by atoms with van der Waals surface area (Å²) in [6.07, 6.45) is 2.31. The van der Waals surface area contributed by atoms with Gasteiger partial charge in [0.05, 0.1) is 0 Å². The van der Waals surface area contributed by atoms with Crippen molar-refractivity contribution in [1.29, 1.82) is 0 Å². The highest BCUT2D eigenvalue weighted by Gasteiger charge is 2.31. The Bertz CT molecular complexity index is 253. The molecule has 23 heavy (non-hydrogen) atoms. The van der Waals surface area contributed by atoms with Crippen LogP contribution in [0.15, 0.2) is 0 Å². The van der Waals surface area contributed by atoms with Crippen LogP contribution < -0.4 is 0 Å². The van der Waals surface area contributed by atoms with Gasteiger partial charge in [0.15, 0.2) is 16.6 Å². The molecule has 0 aliphatic heterocycles. The van der Waals surface area contributed by atoms with Crippen LogP contribution in [0.25, 0.3) is 0 Å². The molecule has 0 aliphatic carbocycles. The molecule has 0 aromatic heterocycles. The van der Waals surface area contributed by atoms with E-state index in [0.29, 0.717) is 5.41 Å². The highest BCUT2D eigenvalue weighted by molar-refractivity contribution is 6.73. The van der Waals surface area contributed by atoms with Crippen LogP contribution in [0.5, 0.6) is 0 Å². The fraction of sp³-hybridized carbons (Fsp3) is 1.00. The summed E-state index contributed by atoms with van der Waals surface area (Å²) < 4.78 is 12.9. The van der Waals surface area contributed by atoms with Gasteiger partial charge in [-0.15, -0.1) is 0 Å². The van der Waals surface area contributed by atoms with Gasteiger partial charge in [0, 0.05) is 13.2 Å². The first-order chi connectivity index (χ1) is 10.8. The van der Waals surface area contributed by atoms with Crippen LogP contribution >= 0.6 is 0 Å². The van der Waals surface area contributed by atoms with E-state index in [0.717, 1.165) is 26.1 Å². The summed E-state index contributed by atoms with van der Waals surface area (Å²) in [5.41, 5.74) is 0.324. The van der Waals surface area contributed by atoms with Crippen molar-refractivity contribution in [3.8, 4) is 0 Å². The monoisotopic (exact) mass is 360 g/mol. The van der Waals surface area contributed by atoms with E-state index >= 15 is 0 Å². The molecular weight excluding hydrogens is 316 g/mol. The fourth-order valence-electron chi connectivity index (χ4n) is 3.33. The Hall–Kier alpha value is 0.354. The molecule has 0 radical (unpaired) electrons. The van der Waals surface area contributed by atoms with Crippen molar-refractivity contribution in [2.75, 3.05) is 13.2 Å². The summed E-state index contributed by atoms with van der Waals surface area (Å²) in [6, 6.07) is 7.51. The van der Waals surface area contributed by atoms with Crippen LogP contribution in [0.4, 0.5) is 0 Å². The van der Waals surface area contributed by atoms with Crippen LogP contribution in [-0.2, 0) is 8.85 Å². The average Bonchev–Trinajstić information content (AvgIpc) is 2.56. The minimum Gasteiger partial charge on any atom is -0.417 e. The second-order valence-electron chi connectivity index (χ2n) is 7.85. The van der Waals surface area contributed by atoms with Crippen LogP contribution in [-0.4, -0.2) is 29.8 Å². The summed E-state index contributed by atoms with van der Waals surface area (Å²) >= 11 is 0. The van der Waals surface area contributed by atoms with Crippen molar-refractivity contribution < 1.29 is 8.85 Å². The Labute approximate surface area is 149 Å². The van der Waals surface area contributed by atoms with Crippen molar-refractivity contribution in [1.82, 2.24) is 0 Å². The van der Waals surface area contributed by atoms with Crippen LogP contribution in [0.1, 0.15) is 68.2 Å². The second-order valence-corrected chi connectivity index (χ2v) is 17.4. The predicted molar refractivity (Wildman–Crippen MR) is 109 cm³/mol. The van der Waals surface area contributed by atoms with E-state index in [1.807, 2.05) is 0 Å². The van der Waals surface area contributed by atoms with Crippen LogP contribution in [0, 0.1) is 5.41 Å². The fourth-order valence-corrected chi connectivity index (χ4v) is 8.62. The summed E-state index contributed by atoms with van der Waals surface area (Å²) in [5.74, 6) is 0. The van der Waals surface area contributed by atoms with Crippen molar-refractivity contribution in [2.45, 2.75) is 104 Å². The minimum atomic E-state index is -1.42. The van der Waals surface area contributed by atoms with Crippen molar-refractivity contribution >= 4 is 16.6 Å². The second kappa shape index (κ2) is 11.1. The lowest BCUT2D eigenvalue weighted by molar-refractivity contribution is 0.172. The van der Waals surface area contributed by atoms with Gasteiger partial charge in [0.1, 0.15) is 0 Å². The first kappa shape index (κ1) is 23.4. The van der Waals surface area contributed by atoms with Gasteiger partial charge in [-0.3, -0.25) is 0 Å². The zero-order chi connectivity index (χ0) is 18.0. The van der Waals surface area contributed by atoms with Gasteiger partial charge in [-0.1, -0.05) is 55.4 Å². The van der Waals surface area contributed by atoms with Gasteiger partial charge in [0.25, 0.3) is 0 Å². The molecule has 0 aromatic carbocycles. The van der Waals surface area contributed by atoms with Gasteiger partial charge in [-0.2, -0.15) is 0 Å². The summed E-state index contributed by atoms with van der Waals surface area (Å²) in [7, 11) is -2.84. The molecular formula is C19H44O2Si2. The first-order valence-corrected chi connectivity index (χ1v) is 15.1. The molecule has 0 saturated carbocycles. The van der Waals surface area contributed by atoms with E-state index in [1.165, 1.54) is 36.3 Å². The highest BCUT2D eigenvalue weighted by atomic mass is 28.4. The van der Waals surface area contributed by atoms with Crippen molar-refractivity contribution in [3.05, 3.63) is 0 Å². The SMILES string of the molecule is CC[Si](CC)(CC)OCCC(C)(C)CCO[Si](CC)(CC)CC. The lowest BCUT2D eigenvalue weighted by atomic mass is 9.86. The standard InChI is InChI=1S/C19H44O2Si2/c1-9-22(10-2,11-3)20-17-15-19(7,8)16-18-21-23(12-4,13-5)14-6/h9-18H2,1-8H3. The molecule has 0 saturated heterocycles. The van der Waals surface area contributed by atoms with Gasteiger partial charge in [-0.25, -0.2) is 0 Å². The molecule has 2 nitrogen and oxygen atoms in total. The Kier molecular flexibility index (Phi) is 11.2. The largest absolute Gasteiger partial charge is 0.417 e. The normalized spacial score (nSPS) is 13.6. The summed E-state index contributed by atoms with van der Waals surface area (Å²) in [5, 5.41) is 0. The van der Waals surface area contributed by atoms with E-state index in [9.17, 15) is 0 Å². The summed E-state index contributed by atoms with van der Waals surface area (Å²) in [6.45, 7) is 20.5. The molecule has 0 N–H and O–H groups in total. The van der Waals surface area contributed by atoms with Crippen LogP contribution in [0.3, 0.4) is 0 Å². The highest BCUT2D eigenvalue weighted by Crippen LogP contribution is 2.29. The van der Waals surface area contributed by atoms with Gasteiger partial charge >= 0.3 is 0 Å². The van der Waals surface area contributed by atoms with Gasteiger partial charge in [-0.05, 0) is 54.5 Å². The number of rotatable bonds is 14. The lowest BCUT2D eigenvalue weighted by Crippen LogP contribution is -2.38. The maximum absolute atomic E-state index is 6.43. The predicted octanol–water partition coefficient (Wildman–Crippen LogP) is 6.84. The third kappa shape index (κ3) is 7.85. The molecule has 0 rings (SSSR count). The molecule has 4 heteroatoms. The third-order valence-corrected chi connectivity index (χ3v) is 15.6. The molecule has 0 aliphatic rings. The molecule has 0 unspecified atom stereocenters. The smallest absolute Gasteiger partial charge is 0.191 e. The Morgan fingerprint density at radius 2 is 0.826 bits per heavy atom. The Morgan fingerprint density at radius 3 is 1.04 bits per heavy atom. The van der Waals surface area contributed by atoms with Crippen molar-refractivity contribution in [2.24, 2.45) is 5.41 Å². The quantitative estimate of drug-likeness (QED) is 0.316. The van der Waals surface area contributed by atoms with E-state index in [1.54, 1.807) is 0 Å². The van der Waals surface area contributed by atoms with Gasteiger partial charge < -0.3 is 8.85 Å².